The SMILES string of the molecule is COCCN(CC(O)C1CC1)C1CC1. The summed E-state index contributed by atoms with van der Waals surface area (Å²) >= 11 is 0. The Bertz CT molecular complexity index is 178. The van der Waals surface area contributed by atoms with Gasteiger partial charge in [0.2, 0.25) is 0 Å². The number of hydrogen-bond acceptors (Lipinski definition) is 3. The van der Waals surface area contributed by atoms with Gasteiger partial charge in [-0.1, -0.05) is 0 Å². The highest BCUT2D eigenvalue weighted by molar-refractivity contribution is 4.89. The quantitative estimate of drug-likeness (QED) is 0.660. The molecule has 82 valence electrons. The van der Waals surface area contributed by atoms with Crippen LogP contribution in [0.5, 0.6) is 0 Å². The largest absolute Gasteiger partial charge is 0.392 e. The highest BCUT2D eigenvalue weighted by Gasteiger charge is 2.35. The van der Waals surface area contributed by atoms with E-state index in [2.05, 4.69) is 4.90 Å². The van der Waals surface area contributed by atoms with Gasteiger partial charge in [0.25, 0.3) is 0 Å². The molecular formula is C11H21NO2. The van der Waals surface area contributed by atoms with E-state index in [4.69, 9.17) is 4.74 Å². The molecule has 3 nitrogen and oxygen atoms in total. The molecule has 2 saturated carbocycles. The van der Waals surface area contributed by atoms with Crippen LogP contribution >= 0.6 is 0 Å². The number of aliphatic hydroxyl groups is 1. The Morgan fingerprint density at radius 2 is 2.07 bits per heavy atom. The summed E-state index contributed by atoms with van der Waals surface area (Å²) in [6.07, 6.45) is 4.98. The van der Waals surface area contributed by atoms with Gasteiger partial charge in [-0.05, 0) is 31.6 Å². The molecule has 0 bridgehead atoms. The molecule has 0 heterocycles. The minimum Gasteiger partial charge on any atom is -0.392 e. The lowest BCUT2D eigenvalue weighted by molar-refractivity contribution is 0.0728. The van der Waals surface area contributed by atoms with E-state index in [0.29, 0.717) is 5.92 Å². The van der Waals surface area contributed by atoms with Gasteiger partial charge in [0.15, 0.2) is 0 Å². The van der Waals surface area contributed by atoms with E-state index in [0.717, 1.165) is 25.7 Å². The number of methoxy groups -OCH3 is 1. The number of hydrogen-bond donors (Lipinski definition) is 1. The van der Waals surface area contributed by atoms with Gasteiger partial charge in [-0.15, -0.1) is 0 Å². The summed E-state index contributed by atoms with van der Waals surface area (Å²) in [7, 11) is 1.74. The third-order valence-corrected chi connectivity index (χ3v) is 3.23. The van der Waals surface area contributed by atoms with Crippen molar-refractivity contribution in [2.75, 3.05) is 26.8 Å². The zero-order chi connectivity index (χ0) is 9.97. The highest BCUT2D eigenvalue weighted by Crippen LogP contribution is 2.34. The monoisotopic (exact) mass is 199 g/mol. The van der Waals surface area contributed by atoms with Crippen molar-refractivity contribution in [3.8, 4) is 0 Å². The van der Waals surface area contributed by atoms with Gasteiger partial charge >= 0.3 is 0 Å². The van der Waals surface area contributed by atoms with E-state index in [1.54, 1.807) is 7.11 Å². The van der Waals surface area contributed by atoms with Gasteiger partial charge in [0.1, 0.15) is 0 Å². The first-order valence-corrected chi connectivity index (χ1v) is 5.72. The molecule has 3 heteroatoms. The van der Waals surface area contributed by atoms with Gasteiger partial charge < -0.3 is 9.84 Å². The molecule has 0 aromatic carbocycles. The zero-order valence-electron chi connectivity index (χ0n) is 8.98. The minimum atomic E-state index is -0.0903. The molecule has 0 spiro atoms. The van der Waals surface area contributed by atoms with Crippen LogP contribution in [0.2, 0.25) is 0 Å². The lowest BCUT2D eigenvalue weighted by Crippen LogP contribution is -2.37. The second kappa shape index (κ2) is 4.60. The van der Waals surface area contributed by atoms with Crippen molar-refractivity contribution in [1.82, 2.24) is 4.90 Å². The average Bonchev–Trinajstić information content (AvgIpc) is 3.06. The van der Waals surface area contributed by atoms with E-state index < -0.39 is 0 Å². The molecule has 0 amide bonds. The topological polar surface area (TPSA) is 32.7 Å². The number of ether oxygens (including phenoxy) is 1. The van der Waals surface area contributed by atoms with Crippen molar-refractivity contribution in [1.29, 1.82) is 0 Å². The maximum atomic E-state index is 9.85. The zero-order valence-corrected chi connectivity index (χ0v) is 8.98. The fourth-order valence-electron chi connectivity index (χ4n) is 1.94. The molecule has 2 aliphatic carbocycles. The molecular weight excluding hydrogens is 178 g/mol. The predicted octanol–water partition coefficient (Wildman–Crippen LogP) is 0.868. The number of nitrogens with zero attached hydrogens (tertiary/aromatic N) is 1. The van der Waals surface area contributed by atoms with E-state index in [1.165, 1.54) is 25.7 Å². The Kier molecular flexibility index (Phi) is 3.42. The first-order valence-electron chi connectivity index (χ1n) is 5.72. The summed E-state index contributed by atoms with van der Waals surface area (Å²) in [6.45, 7) is 2.62. The first-order chi connectivity index (χ1) is 6.81. The molecule has 1 unspecified atom stereocenters. The summed E-state index contributed by atoms with van der Waals surface area (Å²) in [6, 6.07) is 0.735. The van der Waals surface area contributed by atoms with E-state index >= 15 is 0 Å². The van der Waals surface area contributed by atoms with Gasteiger partial charge in [0, 0.05) is 26.2 Å². The van der Waals surface area contributed by atoms with Crippen LogP contribution in [0.15, 0.2) is 0 Å². The molecule has 2 fully saturated rings. The van der Waals surface area contributed by atoms with Crippen LogP contribution < -0.4 is 0 Å². The van der Waals surface area contributed by atoms with Crippen LogP contribution in [0.4, 0.5) is 0 Å². The Hall–Kier alpha value is -0.120. The van der Waals surface area contributed by atoms with Gasteiger partial charge in [-0.2, -0.15) is 0 Å². The maximum absolute atomic E-state index is 9.85. The standard InChI is InChI=1S/C11H21NO2/c1-14-7-6-12(10-4-5-10)8-11(13)9-2-3-9/h9-11,13H,2-8H2,1H3. The Balaban J connectivity index is 1.71. The van der Waals surface area contributed by atoms with Crippen LogP contribution in [-0.4, -0.2) is 49.0 Å². The van der Waals surface area contributed by atoms with Gasteiger partial charge in [-0.3, -0.25) is 4.90 Å². The number of aliphatic hydroxyl groups excluding tert-OH is 1. The molecule has 0 aromatic rings. The van der Waals surface area contributed by atoms with Crippen molar-refractivity contribution >= 4 is 0 Å². The summed E-state index contributed by atoms with van der Waals surface area (Å²) in [5, 5.41) is 9.85. The minimum absolute atomic E-state index is 0.0903. The summed E-state index contributed by atoms with van der Waals surface area (Å²) in [5.41, 5.74) is 0. The second-order valence-electron chi connectivity index (χ2n) is 4.62. The lowest BCUT2D eigenvalue weighted by Gasteiger charge is -2.24. The molecule has 0 aliphatic heterocycles. The summed E-state index contributed by atoms with van der Waals surface area (Å²) < 4.78 is 5.08. The summed E-state index contributed by atoms with van der Waals surface area (Å²) in [4.78, 5) is 2.40. The van der Waals surface area contributed by atoms with Crippen LogP contribution in [0.25, 0.3) is 0 Å². The molecule has 2 aliphatic rings. The van der Waals surface area contributed by atoms with Crippen molar-refractivity contribution < 1.29 is 9.84 Å². The highest BCUT2D eigenvalue weighted by atomic mass is 16.5. The second-order valence-corrected chi connectivity index (χ2v) is 4.62. The van der Waals surface area contributed by atoms with Gasteiger partial charge in [-0.25, -0.2) is 0 Å². The van der Waals surface area contributed by atoms with Gasteiger partial charge in [0.05, 0.1) is 12.7 Å². The molecule has 1 N–H and O–H groups in total. The number of rotatable bonds is 7. The Morgan fingerprint density at radius 1 is 1.36 bits per heavy atom. The molecule has 2 rings (SSSR count). The molecule has 1 atom stereocenters. The fourth-order valence-corrected chi connectivity index (χ4v) is 1.94. The molecule has 0 saturated heterocycles. The Labute approximate surface area is 86.0 Å². The van der Waals surface area contributed by atoms with Crippen LogP contribution in [0.3, 0.4) is 0 Å². The third kappa shape index (κ3) is 2.94. The maximum Gasteiger partial charge on any atom is 0.0695 e. The normalized spacial score (nSPS) is 24.2. The van der Waals surface area contributed by atoms with Crippen LogP contribution in [0, 0.1) is 5.92 Å². The molecule has 14 heavy (non-hydrogen) atoms. The van der Waals surface area contributed by atoms with Crippen molar-refractivity contribution in [3.63, 3.8) is 0 Å². The predicted molar refractivity (Wildman–Crippen MR) is 55.2 cm³/mol. The smallest absolute Gasteiger partial charge is 0.0695 e. The van der Waals surface area contributed by atoms with Crippen molar-refractivity contribution in [2.24, 2.45) is 5.92 Å². The van der Waals surface area contributed by atoms with E-state index in [1.807, 2.05) is 0 Å². The van der Waals surface area contributed by atoms with Crippen molar-refractivity contribution in [2.45, 2.75) is 37.8 Å². The van der Waals surface area contributed by atoms with E-state index in [9.17, 15) is 5.11 Å². The lowest BCUT2D eigenvalue weighted by atomic mass is 10.2. The molecule has 0 aromatic heterocycles. The average molecular weight is 199 g/mol. The Morgan fingerprint density at radius 3 is 2.57 bits per heavy atom. The van der Waals surface area contributed by atoms with Crippen LogP contribution in [-0.2, 0) is 4.74 Å². The fraction of sp³-hybridized carbons (Fsp3) is 1.00. The summed E-state index contributed by atoms with van der Waals surface area (Å²) in [5.74, 6) is 0.596. The first kappa shape index (κ1) is 10.4. The molecule has 0 radical (unpaired) electrons. The van der Waals surface area contributed by atoms with Crippen LogP contribution in [0.1, 0.15) is 25.7 Å². The van der Waals surface area contributed by atoms with Crippen molar-refractivity contribution in [3.05, 3.63) is 0 Å². The van der Waals surface area contributed by atoms with E-state index in [-0.39, 0.29) is 6.10 Å². The third-order valence-electron chi connectivity index (χ3n) is 3.23.